The van der Waals surface area contributed by atoms with E-state index in [1.165, 1.54) is 12.1 Å². The minimum atomic E-state index is -4.67. The second kappa shape index (κ2) is 11.9. The topological polar surface area (TPSA) is 157 Å². The SMILES string of the molecule is COc1ccccc1NCCO.Cc1c(O)cccc1O.O=S(=O)(O)O. The van der Waals surface area contributed by atoms with E-state index in [0.29, 0.717) is 12.1 Å². The second-order valence-corrected chi connectivity index (χ2v) is 5.62. The van der Waals surface area contributed by atoms with Gasteiger partial charge in [-0.1, -0.05) is 18.2 Å². The molecule has 0 heterocycles. The zero-order valence-corrected chi connectivity index (χ0v) is 15.1. The average Bonchev–Trinajstić information content (AvgIpc) is 2.57. The van der Waals surface area contributed by atoms with Crippen LogP contribution in [0.4, 0.5) is 5.69 Å². The zero-order valence-electron chi connectivity index (χ0n) is 14.3. The molecule has 2 rings (SSSR count). The number of methoxy groups -OCH3 is 1. The van der Waals surface area contributed by atoms with Crippen molar-refractivity contribution in [3.05, 3.63) is 48.0 Å². The summed E-state index contributed by atoms with van der Waals surface area (Å²) < 4.78 is 36.7. The number of phenolic OH excluding ortho intramolecular Hbond substituents is 2. The van der Waals surface area contributed by atoms with E-state index in [1.807, 2.05) is 24.3 Å². The summed E-state index contributed by atoms with van der Waals surface area (Å²) in [6.45, 7) is 2.32. The Bertz CT molecular complexity index is 736. The first-order valence-corrected chi connectivity index (χ1v) is 8.65. The average molecular weight is 389 g/mol. The largest absolute Gasteiger partial charge is 0.508 e. The molecule has 0 aromatic heterocycles. The molecule has 10 heteroatoms. The van der Waals surface area contributed by atoms with Crippen molar-refractivity contribution in [2.24, 2.45) is 0 Å². The van der Waals surface area contributed by atoms with Crippen molar-refractivity contribution in [2.75, 3.05) is 25.6 Å². The van der Waals surface area contributed by atoms with Gasteiger partial charge in [0.2, 0.25) is 0 Å². The fourth-order valence-corrected chi connectivity index (χ4v) is 1.59. The van der Waals surface area contributed by atoms with Gasteiger partial charge >= 0.3 is 10.4 Å². The molecule has 0 amide bonds. The molecule has 0 radical (unpaired) electrons. The number of hydrogen-bond donors (Lipinski definition) is 6. The van der Waals surface area contributed by atoms with Gasteiger partial charge < -0.3 is 25.4 Å². The number of rotatable bonds is 4. The standard InChI is InChI=1S/C9H13NO2.C7H8O2.H2O4S/c1-12-9-5-3-2-4-8(9)10-6-7-11;1-5-6(8)3-2-4-7(5)9;1-5(2,3)4/h2-5,10-11H,6-7H2,1H3;2-4,8-9H,1H3;(H2,1,2,3,4). The summed E-state index contributed by atoms with van der Waals surface area (Å²) in [6, 6.07) is 12.3. The van der Waals surface area contributed by atoms with Crippen molar-refractivity contribution in [3.8, 4) is 17.2 Å². The lowest BCUT2D eigenvalue weighted by molar-refractivity contribution is 0.311. The highest BCUT2D eigenvalue weighted by molar-refractivity contribution is 7.79. The molecule has 0 spiro atoms. The fraction of sp³-hybridized carbons (Fsp3) is 0.250. The number of anilines is 1. The Balaban J connectivity index is 0.000000394. The summed E-state index contributed by atoms with van der Waals surface area (Å²) in [6.07, 6.45) is 0. The Morgan fingerprint density at radius 1 is 1.00 bits per heavy atom. The van der Waals surface area contributed by atoms with E-state index in [-0.39, 0.29) is 18.1 Å². The third-order valence-corrected chi connectivity index (χ3v) is 2.81. The Morgan fingerprint density at radius 3 is 1.92 bits per heavy atom. The number of benzene rings is 2. The van der Waals surface area contributed by atoms with Crippen molar-refractivity contribution in [2.45, 2.75) is 6.92 Å². The molecule has 6 N–H and O–H groups in total. The van der Waals surface area contributed by atoms with Crippen LogP contribution < -0.4 is 10.1 Å². The molecular formula is C16H23NO8S. The van der Waals surface area contributed by atoms with Gasteiger partial charge in [0.25, 0.3) is 0 Å². The lowest BCUT2D eigenvalue weighted by atomic mass is 10.2. The molecule has 2 aromatic rings. The molecule has 0 bridgehead atoms. The van der Waals surface area contributed by atoms with Crippen LogP contribution in [-0.2, 0) is 10.4 Å². The van der Waals surface area contributed by atoms with Crippen LogP contribution in [0.2, 0.25) is 0 Å². The molecule has 0 aliphatic rings. The van der Waals surface area contributed by atoms with Crippen LogP contribution in [0.1, 0.15) is 5.56 Å². The normalized spacial score (nSPS) is 9.88. The predicted octanol–water partition coefficient (Wildman–Crippen LogP) is 1.85. The van der Waals surface area contributed by atoms with Gasteiger partial charge in [-0.05, 0) is 31.2 Å². The summed E-state index contributed by atoms with van der Waals surface area (Å²) >= 11 is 0. The minimum absolute atomic E-state index is 0.123. The van der Waals surface area contributed by atoms with E-state index < -0.39 is 10.4 Å². The lowest BCUT2D eigenvalue weighted by Gasteiger charge is -2.08. The highest BCUT2D eigenvalue weighted by atomic mass is 32.3. The first-order chi connectivity index (χ1) is 12.1. The molecular weight excluding hydrogens is 366 g/mol. The van der Waals surface area contributed by atoms with Crippen LogP contribution in [0, 0.1) is 6.92 Å². The number of ether oxygens (including phenoxy) is 1. The van der Waals surface area contributed by atoms with E-state index in [0.717, 1.165) is 11.4 Å². The molecule has 0 atom stereocenters. The Kier molecular flexibility index (Phi) is 10.8. The molecule has 0 fully saturated rings. The number of phenols is 2. The third-order valence-electron chi connectivity index (χ3n) is 2.81. The van der Waals surface area contributed by atoms with Gasteiger partial charge in [-0.25, -0.2) is 0 Å². The van der Waals surface area contributed by atoms with Crippen LogP contribution in [-0.4, -0.2) is 53.1 Å². The molecule has 0 unspecified atom stereocenters. The van der Waals surface area contributed by atoms with Gasteiger partial charge in [-0.2, -0.15) is 8.42 Å². The van der Waals surface area contributed by atoms with E-state index >= 15 is 0 Å². The molecule has 146 valence electrons. The Morgan fingerprint density at radius 2 is 1.50 bits per heavy atom. The second-order valence-electron chi connectivity index (χ2n) is 4.72. The maximum absolute atomic E-state index is 8.94. The number of aromatic hydroxyl groups is 2. The van der Waals surface area contributed by atoms with E-state index in [2.05, 4.69) is 5.32 Å². The van der Waals surface area contributed by atoms with Crippen LogP contribution in [0.3, 0.4) is 0 Å². The predicted molar refractivity (Wildman–Crippen MR) is 97.3 cm³/mol. The number of aliphatic hydroxyl groups excluding tert-OH is 1. The van der Waals surface area contributed by atoms with Crippen LogP contribution in [0.5, 0.6) is 17.2 Å². The first kappa shape index (κ1) is 23.5. The van der Waals surface area contributed by atoms with Gasteiger partial charge in [0, 0.05) is 12.1 Å². The molecule has 26 heavy (non-hydrogen) atoms. The number of nitrogens with one attached hydrogen (secondary N) is 1. The van der Waals surface area contributed by atoms with Gasteiger partial charge in [0.05, 0.1) is 19.4 Å². The number of aliphatic hydroxyl groups is 1. The minimum Gasteiger partial charge on any atom is -0.508 e. The maximum atomic E-state index is 8.94. The van der Waals surface area contributed by atoms with Crippen molar-refractivity contribution in [3.63, 3.8) is 0 Å². The van der Waals surface area contributed by atoms with E-state index in [4.69, 9.17) is 37.6 Å². The molecule has 0 aliphatic carbocycles. The summed E-state index contributed by atoms with van der Waals surface area (Å²) in [5, 5.41) is 29.5. The highest BCUT2D eigenvalue weighted by Gasteiger charge is 1.98. The Labute approximate surface area is 152 Å². The molecule has 0 saturated carbocycles. The summed E-state index contributed by atoms with van der Waals surface area (Å²) in [5.74, 6) is 1.07. The van der Waals surface area contributed by atoms with Gasteiger partial charge in [-0.15, -0.1) is 0 Å². The fourth-order valence-electron chi connectivity index (χ4n) is 1.59. The monoisotopic (exact) mass is 389 g/mol. The zero-order chi connectivity index (χ0) is 20.2. The summed E-state index contributed by atoms with van der Waals surface area (Å²) in [4.78, 5) is 0. The number of hydrogen-bond acceptors (Lipinski definition) is 7. The van der Waals surface area contributed by atoms with Crippen molar-refractivity contribution in [1.29, 1.82) is 0 Å². The maximum Gasteiger partial charge on any atom is 0.394 e. The molecule has 0 saturated heterocycles. The lowest BCUT2D eigenvalue weighted by Crippen LogP contribution is -2.06. The van der Waals surface area contributed by atoms with E-state index in [1.54, 1.807) is 20.1 Å². The van der Waals surface area contributed by atoms with Crippen molar-refractivity contribution in [1.82, 2.24) is 0 Å². The third kappa shape index (κ3) is 11.1. The Hall–Kier alpha value is -2.53. The van der Waals surface area contributed by atoms with Crippen molar-refractivity contribution >= 4 is 16.1 Å². The summed E-state index contributed by atoms with van der Waals surface area (Å²) in [7, 11) is -3.04. The molecule has 9 nitrogen and oxygen atoms in total. The van der Waals surface area contributed by atoms with Crippen LogP contribution >= 0.6 is 0 Å². The molecule has 0 aliphatic heterocycles. The number of para-hydroxylation sites is 2. The van der Waals surface area contributed by atoms with Gasteiger partial charge in [0.1, 0.15) is 17.2 Å². The first-order valence-electron chi connectivity index (χ1n) is 7.25. The van der Waals surface area contributed by atoms with Gasteiger partial charge in [-0.3, -0.25) is 9.11 Å². The smallest absolute Gasteiger partial charge is 0.394 e. The quantitative estimate of drug-likeness (QED) is 0.429. The molecule has 2 aromatic carbocycles. The van der Waals surface area contributed by atoms with E-state index in [9.17, 15) is 0 Å². The van der Waals surface area contributed by atoms with Crippen molar-refractivity contribution < 1.29 is 37.6 Å². The highest BCUT2D eigenvalue weighted by Crippen LogP contribution is 2.24. The van der Waals surface area contributed by atoms with Crippen LogP contribution in [0.25, 0.3) is 0 Å². The van der Waals surface area contributed by atoms with Crippen LogP contribution in [0.15, 0.2) is 42.5 Å². The van der Waals surface area contributed by atoms with Gasteiger partial charge in [0.15, 0.2) is 0 Å². The summed E-state index contributed by atoms with van der Waals surface area (Å²) in [5.41, 5.74) is 1.44.